The van der Waals surface area contributed by atoms with Crippen molar-refractivity contribution in [3.05, 3.63) is 77.4 Å². The number of carbonyl (C=O) groups excluding carboxylic acids is 2. The normalized spacial score (nSPS) is 13.2. The number of amides is 2. The second-order valence-corrected chi connectivity index (χ2v) is 9.03. The minimum absolute atomic E-state index is 0.0436. The molecule has 4 rings (SSSR count). The first-order chi connectivity index (χ1) is 17.9. The Kier molecular flexibility index (Phi) is 8.18. The number of methoxy groups -OCH3 is 2. The Morgan fingerprint density at radius 2 is 1.49 bits per heavy atom. The highest BCUT2D eigenvalue weighted by Crippen LogP contribution is 2.25. The van der Waals surface area contributed by atoms with E-state index < -0.39 is 0 Å². The van der Waals surface area contributed by atoms with Gasteiger partial charge in [0.25, 0.3) is 11.8 Å². The summed E-state index contributed by atoms with van der Waals surface area (Å²) < 4.78 is 16.3. The lowest BCUT2D eigenvalue weighted by Gasteiger charge is -2.36. The van der Waals surface area contributed by atoms with Gasteiger partial charge >= 0.3 is 0 Å². The number of nitrogens with one attached hydrogen (secondary N) is 1. The molecule has 8 nitrogen and oxygen atoms in total. The number of ether oxygens (including phenoxy) is 3. The Bertz CT molecular complexity index is 1230. The molecule has 0 aromatic heterocycles. The molecule has 1 aliphatic rings. The predicted molar refractivity (Wildman–Crippen MR) is 144 cm³/mol. The molecule has 0 radical (unpaired) electrons. The van der Waals surface area contributed by atoms with E-state index in [0.29, 0.717) is 54.7 Å². The number of benzene rings is 3. The second-order valence-electron chi connectivity index (χ2n) is 9.03. The number of hydrogen-bond acceptors (Lipinski definition) is 6. The number of aryl methyl sites for hydroxylation is 2. The molecule has 3 aromatic rings. The molecule has 3 aromatic carbocycles. The number of anilines is 2. The molecule has 1 N–H and O–H groups in total. The highest BCUT2D eigenvalue weighted by atomic mass is 16.5. The highest BCUT2D eigenvalue weighted by Gasteiger charge is 2.23. The fourth-order valence-corrected chi connectivity index (χ4v) is 4.34. The van der Waals surface area contributed by atoms with Gasteiger partial charge in [0.05, 0.1) is 14.2 Å². The van der Waals surface area contributed by atoms with Crippen LogP contribution in [-0.4, -0.2) is 63.7 Å². The average Bonchev–Trinajstić information content (AvgIpc) is 2.92. The molecule has 37 heavy (non-hydrogen) atoms. The van der Waals surface area contributed by atoms with Crippen LogP contribution in [0, 0.1) is 13.8 Å². The van der Waals surface area contributed by atoms with E-state index in [0.717, 1.165) is 16.8 Å². The van der Waals surface area contributed by atoms with Crippen LogP contribution < -0.4 is 24.4 Å². The van der Waals surface area contributed by atoms with Crippen molar-refractivity contribution >= 4 is 23.2 Å². The lowest BCUT2D eigenvalue weighted by Crippen LogP contribution is -2.48. The third kappa shape index (κ3) is 6.52. The first kappa shape index (κ1) is 25.9. The average molecular weight is 504 g/mol. The SMILES string of the molecule is COc1cc(OC)cc(C(=O)N2CCN(c3ccc(NC(=O)COc4ccc(C)cc4C)cc3)CC2)c1. The topological polar surface area (TPSA) is 80.3 Å². The Balaban J connectivity index is 1.28. The number of hydrogen-bond donors (Lipinski definition) is 1. The Labute approximate surface area is 217 Å². The molecule has 0 atom stereocenters. The highest BCUT2D eigenvalue weighted by molar-refractivity contribution is 5.95. The zero-order valence-electron chi connectivity index (χ0n) is 21.7. The molecule has 2 amide bonds. The van der Waals surface area contributed by atoms with Crippen LogP contribution in [0.2, 0.25) is 0 Å². The molecule has 1 saturated heterocycles. The van der Waals surface area contributed by atoms with Gasteiger partial charge in [-0.05, 0) is 61.9 Å². The quantitative estimate of drug-likeness (QED) is 0.494. The summed E-state index contributed by atoms with van der Waals surface area (Å²) in [6.45, 7) is 6.56. The maximum Gasteiger partial charge on any atom is 0.262 e. The first-order valence-electron chi connectivity index (χ1n) is 12.2. The molecule has 0 spiro atoms. The summed E-state index contributed by atoms with van der Waals surface area (Å²) in [6, 6.07) is 18.8. The third-order valence-corrected chi connectivity index (χ3v) is 6.37. The lowest BCUT2D eigenvalue weighted by molar-refractivity contribution is -0.118. The Morgan fingerprint density at radius 1 is 0.838 bits per heavy atom. The fourth-order valence-electron chi connectivity index (χ4n) is 4.34. The van der Waals surface area contributed by atoms with Crippen molar-refractivity contribution in [2.24, 2.45) is 0 Å². The van der Waals surface area contributed by atoms with Crippen molar-refractivity contribution in [2.45, 2.75) is 13.8 Å². The molecule has 194 valence electrons. The van der Waals surface area contributed by atoms with Gasteiger partial charge in [-0.2, -0.15) is 0 Å². The van der Waals surface area contributed by atoms with E-state index in [9.17, 15) is 9.59 Å². The summed E-state index contributed by atoms with van der Waals surface area (Å²) in [7, 11) is 3.14. The molecular weight excluding hydrogens is 470 g/mol. The first-order valence-corrected chi connectivity index (χ1v) is 12.2. The van der Waals surface area contributed by atoms with Crippen LogP contribution >= 0.6 is 0 Å². The zero-order valence-corrected chi connectivity index (χ0v) is 21.7. The van der Waals surface area contributed by atoms with E-state index in [2.05, 4.69) is 10.2 Å². The summed E-state index contributed by atoms with van der Waals surface area (Å²) in [5, 5.41) is 2.88. The van der Waals surface area contributed by atoms with Crippen molar-refractivity contribution in [1.82, 2.24) is 4.90 Å². The van der Waals surface area contributed by atoms with Crippen molar-refractivity contribution in [3.63, 3.8) is 0 Å². The maximum atomic E-state index is 13.0. The number of rotatable bonds is 8. The van der Waals surface area contributed by atoms with Gasteiger partial charge in [0, 0.05) is 49.2 Å². The smallest absolute Gasteiger partial charge is 0.262 e. The van der Waals surface area contributed by atoms with Gasteiger partial charge in [-0.1, -0.05) is 17.7 Å². The van der Waals surface area contributed by atoms with Crippen LogP contribution in [0.5, 0.6) is 17.2 Å². The summed E-state index contributed by atoms with van der Waals surface area (Å²) in [4.78, 5) is 29.5. The molecule has 0 saturated carbocycles. The second kappa shape index (κ2) is 11.7. The molecule has 8 heteroatoms. The molecule has 0 bridgehead atoms. The molecular formula is C29H33N3O5. The minimum atomic E-state index is -0.214. The lowest BCUT2D eigenvalue weighted by atomic mass is 10.1. The monoisotopic (exact) mass is 503 g/mol. The largest absolute Gasteiger partial charge is 0.497 e. The van der Waals surface area contributed by atoms with E-state index in [1.165, 1.54) is 0 Å². The number of nitrogens with zero attached hydrogens (tertiary/aromatic N) is 2. The maximum absolute atomic E-state index is 13.0. The molecule has 0 aliphatic carbocycles. The molecule has 1 aliphatic heterocycles. The summed E-state index contributed by atoms with van der Waals surface area (Å²) in [5.41, 5.74) is 4.45. The molecule has 1 fully saturated rings. The van der Waals surface area contributed by atoms with Crippen molar-refractivity contribution in [3.8, 4) is 17.2 Å². The van der Waals surface area contributed by atoms with Crippen LogP contribution in [0.1, 0.15) is 21.5 Å². The van der Waals surface area contributed by atoms with Gasteiger partial charge in [0.1, 0.15) is 17.2 Å². The predicted octanol–water partition coefficient (Wildman–Crippen LogP) is 4.30. The van der Waals surface area contributed by atoms with Gasteiger partial charge < -0.3 is 29.3 Å². The van der Waals surface area contributed by atoms with Gasteiger partial charge in [-0.15, -0.1) is 0 Å². The molecule has 1 heterocycles. The van der Waals surface area contributed by atoms with E-state index in [1.807, 2.05) is 61.2 Å². The Morgan fingerprint density at radius 3 is 2.08 bits per heavy atom. The number of carbonyl (C=O) groups is 2. The van der Waals surface area contributed by atoms with E-state index >= 15 is 0 Å². The standard InChI is InChI=1S/C29H33N3O5/c1-20-5-10-27(21(2)15-20)37-19-28(33)30-23-6-8-24(9-7-23)31-11-13-32(14-12-31)29(34)22-16-25(35-3)18-26(17-22)36-4/h5-10,15-18H,11-14,19H2,1-4H3,(H,30,33). The van der Waals surface area contributed by atoms with Crippen LogP contribution in [0.25, 0.3) is 0 Å². The van der Waals surface area contributed by atoms with Crippen LogP contribution in [0.4, 0.5) is 11.4 Å². The van der Waals surface area contributed by atoms with Crippen LogP contribution in [-0.2, 0) is 4.79 Å². The van der Waals surface area contributed by atoms with Crippen molar-refractivity contribution in [2.75, 3.05) is 57.2 Å². The van der Waals surface area contributed by atoms with E-state index in [4.69, 9.17) is 14.2 Å². The van der Waals surface area contributed by atoms with Crippen LogP contribution in [0.3, 0.4) is 0 Å². The van der Waals surface area contributed by atoms with Crippen molar-refractivity contribution < 1.29 is 23.8 Å². The Hall–Kier alpha value is -4.20. The van der Waals surface area contributed by atoms with Gasteiger partial charge in [0.2, 0.25) is 0 Å². The summed E-state index contributed by atoms with van der Waals surface area (Å²) >= 11 is 0. The van der Waals surface area contributed by atoms with Crippen molar-refractivity contribution in [1.29, 1.82) is 0 Å². The zero-order chi connectivity index (χ0) is 26.4. The van der Waals surface area contributed by atoms with Crippen LogP contribution in [0.15, 0.2) is 60.7 Å². The fraction of sp³-hybridized carbons (Fsp3) is 0.310. The third-order valence-electron chi connectivity index (χ3n) is 6.37. The minimum Gasteiger partial charge on any atom is -0.497 e. The van der Waals surface area contributed by atoms with Gasteiger partial charge in [-0.3, -0.25) is 9.59 Å². The van der Waals surface area contributed by atoms with E-state index in [-0.39, 0.29) is 18.4 Å². The van der Waals surface area contributed by atoms with Gasteiger partial charge in [-0.25, -0.2) is 0 Å². The number of piperazine rings is 1. The summed E-state index contributed by atoms with van der Waals surface area (Å²) in [6.07, 6.45) is 0. The summed E-state index contributed by atoms with van der Waals surface area (Å²) in [5.74, 6) is 1.63. The molecule has 0 unspecified atom stereocenters. The van der Waals surface area contributed by atoms with E-state index in [1.54, 1.807) is 32.4 Å². The van der Waals surface area contributed by atoms with Gasteiger partial charge in [0.15, 0.2) is 6.61 Å².